The van der Waals surface area contributed by atoms with Gasteiger partial charge in [0, 0.05) is 35.7 Å². The minimum absolute atomic E-state index is 0.0847. The Labute approximate surface area is 701 Å². The molecule has 0 spiro atoms. The number of ether oxygens (including phenoxy) is 7. The van der Waals surface area contributed by atoms with Crippen LogP contribution >= 0.6 is 11.6 Å². The molecule has 121 heavy (non-hydrogen) atoms. The molecule has 652 valence electrons. The lowest BCUT2D eigenvalue weighted by atomic mass is 9.54. The number of phenols is 1. The minimum atomic E-state index is -2.97. The summed E-state index contributed by atoms with van der Waals surface area (Å²) >= 11 is 7.21. The molecule has 36 heteroatoms. The number of hydrogen-bond acceptors (Lipinski definition) is 27. The topological polar surface area (TPSA) is 535 Å². The second kappa shape index (κ2) is 35.7. The zero-order chi connectivity index (χ0) is 86.7. The summed E-state index contributed by atoms with van der Waals surface area (Å²) in [5, 5.41) is 131. The molecule has 20 N–H and O–H groups in total. The van der Waals surface area contributed by atoms with Crippen molar-refractivity contribution in [3.8, 4) is 45.6 Å². The molecule has 7 heterocycles. The first-order valence-corrected chi connectivity index (χ1v) is 41.5. The number of unbranched alkanes of at least 4 members (excludes halogenated alkanes) is 2. The van der Waals surface area contributed by atoms with Gasteiger partial charge in [0.05, 0.1) is 36.3 Å². The Hall–Kier alpha value is -9.54. The fraction of sp³-hybridized carbons (Fsp3) is 0.541. The summed E-state index contributed by atoms with van der Waals surface area (Å²) < 4.78 is 44.8. The number of fused-ring (bicyclic) bond motifs is 12. The summed E-state index contributed by atoms with van der Waals surface area (Å²) in [4.78, 5) is 138. The van der Waals surface area contributed by atoms with E-state index >= 15 is 28.8 Å². The van der Waals surface area contributed by atoms with Crippen LogP contribution in [-0.2, 0) is 67.9 Å². The van der Waals surface area contributed by atoms with E-state index < -0.39 is 216 Å². The first-order chi connectivity index (χ1) is 57.5. The second-order valence-corrected chi connectivity index (χ2v) is 34.5. The van der Waals surface area contributed by atoms with E-state index in [0.717, 1.165) is 69.2 Å². The van der Waals surface area contributed by atoms with Crippen molar-refractivity contribution in [3.05, 3.63) is 129 Å². The van der Waals surface area contributed by atoms with Crippen LogP contribution in [-0.4, -0.2) is 210 Å². The molecule has 15 bridgehead atoms. The molecule has 0 aromatic heterocycles. The summed E-state index contributed by atoms with van der Waals surface area (Å²) in [6.45, 7) is 9.19. The maximum Gasteiger partial charge on any atom is 0.255 e. The van der Waals surface area contributed by atoms with Gasteiger partial charge in [-0.25, -0.2) is 0 Å². The van der Waals surface area contributed by atoms with Gasteiger partial charge in [-0.15, -0.1) is 0 Å². The van der Waals surface area contributed by atoms with Gasteiger partial charge in [-0.05, 0) is 196 Å². The third kappa shape index (κ3) is 18.2. The maximum absolute atomic E-state index is 16.6. The Balaban J connectivity index is 0.960. The van der Waals surface area contributed by atoms with Gasteiger partial charge in [0.1, 0.15) is 90.1 Å². The number of aromatic hydroxyl groups is 1. The number of nitrogens with one attached hydrogen (secondary N) is 9. The van der Waals surface area contributed by atoms with Crippen LogP contribution in [0.5, 0.6) is 34.5 Å². The largest absolute Gasteiger partial charge is 0.508 e. The van der Waals surface area contributed by atoms with Crippen LogP contribution in [0.4, 0.5) is 0 Å². The van der Waals surface area contributed by atoms with Crippen molar-refractivity contribution in [2.24, 2.45) is 35.3 Å². The number of amides is 9. The summed E-state index contributed by atoms with van der Waals surface area (Å²) in [6.07, 6.45) is -13.1. The van der Waals surface area contributed by atoms with Gasteiger partial charge >= 0.3 is 0 Å². The number of nitrogens with two attached hydrogens (primary N) is 1. The molecule has 12 aliphatic rings. The first-order valence-electron chi connectivity index (χ1n) is 41.1. The van der Waals surface area contributed by atoms with Crippen molar-refractivity contribution in [2.75, 3.05) is 20.3 Å². The molecule has 5 aliphatic carbocycles. The molecule has 2 saturated heterocycles. The lowest BCUT2D eigenvalue weighted by Gasteiger charge is -2.54. The zero-order valence-electron chi connectivity index (χ0n) is 67.6. The molecule has 5 aromatic carbocycles. The fourth-order valence-electron chi connectivity index (χ4n) is 18.6. The van der Waals surface area contributed by atoms with Crippen LogP contribution < -0.4 is 67.8 Å². The van der Waals surface area contributed by atoms with Crippen molar-refractivity contribution in [3.63, 3.8) is 0 Å². The number of imide groups is 1. The molecular weight excluding hydrogens is 1600 g/mol. The number of aliphatic hydroxyl groups excluding tert-OH is 6. The van der Waals surface area contributed by atoms with E-state index in [0.29, 0.717) is 18.3 Å². The van der Waals surface area contributed by atoms with Crippen molar-refractivity contribution in [1.29, 1.82) is 0 Å². The van der Waals surface area contributed by atoms with Crippen LogP contribution in [0.3, 0.4) is 0 Å². The number of likely N-dealkylation sites (N-methyl/N-ethyl adjacent to an activating group) is 1. The number of carbonyl (C=O) groups is 9. The fourth-order valence-corrected chi connectivity index (χ4v) is 18.8. The molecule has 5 aromatic rings. The first kappa shape index (κ1) is 87.8. The van der Waals surface area contributed by atoms with Gasteiger partial charge in [0.2, 0.25) is 65.1 Å². The van der Waals surface area contributed by atoms with E-state index in [1.165, 1.54) is 88.5 Å². The second-order valence-electron chi connectivity index (χ2n) is 34.1. The number of carbonyl (C=O) groups excluding carboxylic acids is 9. The Kier molecular flexibility index (Phi) is 25.9. The van der Waals surface area contributed by atoms with E-state index in [2.05, 4.69) is 47.9 Å². The number of halogens is 1. The Morgan fingerprint density at radius 1 is 0.694 bits per heavy atom. The molecule has 0 radical (unpaired) electrons. The highest BCUT2D eigenvalue weighted by Gasteiger charge is 2.54. The highest BCUT2D eigenvalue weighted by atomic mass is 35.5. The summed E-state index contributed by atoms with van der Waals surface area (Å²) in [7, 11) is 1.49. The zero-order valence-corrected chi connectivity index (χ0v) is 68.4. The minimum Gasteiger partial charge on any atom is -0.508 e. The highest BCUT2D eigenvalue weighted by Crippen LogP contribution is 2.56. The Morgan fingerprint density at radius 2 is 1.36 bits per heavy atom. The number of benzene rings is 5. The average molecular weight is 1700 g/mol. The summed E-state index contributed by atoms with van der Waals surface area (Å²) in [5.74, 6) is -15.2. The van der Waals surface area contributed by atoms with Gasteiger partial charge in [-0.1, -0.05) is 75.5 Å². The van der Waals surface area contributed by atoms with Crippen LogP contribution in [0.25, 0.3) is 11.1 Å². The van der Waals surface area contributed by atoms with Crippen LogP contribution in [0.2, 0.25) is 5.02 Å². The number of rotatable bonds is 20. The van der Waals surface area contributed by atoms with Crippen molar-refractivity contribution in [1.82, 2.24) is 47.9 Å². The van der Waals surface area contributed by atoms with Gasteiger partial charge in [-0.2, -0.15) is 0 Å². The molecule has 1 unspecified atom stereocenters. The number of aliphatic hydroxyl groups is 8. The van der Waals surface area contributed by atoms with Crippen LogP contribution in [0, 0.1) is 29.6 Å². The maximum atomic E-state index is 16.6. The molecule has 17 rings (SSSR count). The average Bonchev–Trinajstić information content (AvgIpc) is 1.56. The van der Waals surface area contributed by atoms with Gasteiger partial charge in [-0.3, -0.25) is 48.5 Å². The normalized spacial score (nSPS) is 32.0. The molecule has 19 atom stereocenters. The predicted octanol–water partition coefficient (Wildman–Crippen LogP) is 2.15. The lowest BCUT2D eigenvalue weighted by molar-refractivity contribution is -0.333. The van der Waals surface area contributed by atoms with Gasteiger partial charge in [0.25, 0.3) is 5.91 Å². The highest BCUT2D eigenvalue weighted by molar-refractivity contribution is 6.32. The SMILES string of the molecule is CCCCCOC(C)C(=O)NC(=O)C[C@@H]1NC(=O)[C@H](NC(=O)[C@@H](CC(C)C)NC)[C@H](O)c2ccc(c(Cl)c2)Oc2cc3cc(c2O[C@@H]2O[C@H](CO)[C@@H](O)[C@H](O)[C@H]2O[C@H]2C[C@](C)(N)[C@H](O)[C@H](C)O2)Oc2ccc(cc2)[C@@H](O)[C@@H]2NC(=O)[C@H](NC(=O)[C@@H]3NC1=O)c1ccc3c(c1)-c1c(cc(O)cc1C3(O)O)[C@@H](C(=O)NC1C3CC4CC(C3)CC1C4)NC2=O. The Bertz CT molecular complexity index is 4780. The van der Waals surface area contributed by atoms with E-state index in [1.54, 1.807) is 0 Å². The standard InChI is InChI=1S/C85H105ClN10O25/c1-8-9-10-19-115-37(5)75(105)90-59(99)32-54-77(107)92-64-45-28-56(72(121-83-73(71(103)70(102)58(34-97)119-83)120-60-33-84(6,87)74(104)36(4)116-60)57(29-45)118-55-18-14-42(27-52(55)86)69(101)67(81(111)89-54)95-76(106)53(88-7)20-35(2)3)117-47-15-11-40(12-16-47)68(100)66-82(112)94-65(80(110)91-62-43-22-38-21-39(24-43)25-44(62)23-38)49-30-46(98)31-51-61(49)48-26-41(13-17-50(48)85(51,113)114)63(78(108)96-66)93-79(64)109/h11-18,26-31,35-39,43-44,53-54,58,60,62-71,73-74,83,88,97-98,100-104,113-114H,8-10,19-25,32-34,87H2,1-7H3,(H,89,111)(H,91,110)(H,92,107)(H,93,109)(H,94,112)(H,95,106)(H,96,108)(H,90,99,105)/t36-,37?,38?,39?,43?,44?,53+,54-,58+,60-,62?,63+,64+,65-,66-,67+,68+,69+,70+,71-,73+,74+,83-,84-/m0/s1. The lowest BCUT2D eigenvalue weighted by Crippen LogP contribution is -2.64. The quantitative estimate of drug-likeness (QED) is 0.0392. The van der Waals surface area contributed by atoms with Crippen molar-refractivity contribution >= 4 is 64.8 Å². The van der Waals surface area contributed by atoms with Crippen molar-refractivity contribution < 1.29 is 122 Å². The number of hydrogen-bond donors (Lipinski definition) is 19. The van der Waals surface area contributed by atoms with E-state index in [1.807, 2.05) is 20.8 Å². The van der Waals surface area contributed by atoms with E-state index in [4.69, 9.17) is 50.5 Å². The monoisotopic (exact) mass is 1700 g/mol. The predicted molar refractivity (Wildman–Crippen MR) is 426 cm³/mol. The number of phenolic OH excluding ortho intramolecular Hbond substituents is 1. The van der Waals surface area contributed by atoms with Crippen LogP contribution in [0.15, 0.2) is 84.9 Å². The Morgan fingerprint density at radius 3 is 2.02 bits per heavy atom. The van der Waals surface area contributed by atoms with Crippen molar-refractivity contribution in [2.45, 2.75) is 239 Å². The molecular formula is C85H105ClN10O25. The third-order valence-corrected chi connectivity index (χ3v) is 25.1. The molecule has 7 aliphatic heterocycles. The van der Waals surface area contributed by atoms with E-state index in [-0.39, 0.29) is 104 Å². The molecule has 9 amide bonds. The van der Waals surface area contributed by atoms with E-state index in [9.17, 15) is 60.3 Å². The summed E-state index contributed by atoms with van der Waals surface area (Å²) in [6, 6.07) is 2.72. The molecule has 4 saturated carbocycles. The molecule has 6 fully saturated rings. The van der Waals surface area contributed by atoms with Gasteiger partial charge < -0.3 is 127 Å². The van der Waals surface area contributed by atoms with Crippen LogP contribution in [0.1, 0.15) is 181 Å². The molecule has 35 nitrogen and oxygen atoms in total. The van der Waals surface area contributed by atoms with Gasteiger partial charge in [0.15, 0.2) is 23.9 Å². The smallest absolute Gasteiger partial charge is 0.255 e. The third-order valence-electron chi connectivity index (χ3n) is 24.8. The summed E-state index contributed by atoms with van der Waals surface area (Å²) in [5.41, 5.74) is 3.32.